The molecule has 0 saturated heterocycles. The Hall–Kier alpha value is -1.68. The van der Waals surface area contributed by atoms with E-state index in [4.69, 9.17) is 4.74 Å². The number of hydrogen-bond acceptors (Lipinski definition) is 4. The molecule has 0 aliphatic heterocycles. The largest absolute Gasteiger partial charge is 0.468 e. The van der Waals surface area contributed by atoms with Crippen LogP contribution in [0.3, 0.4) is 0 Å². The Morgan fingerprint density at radius 3 is 2.35 bits per heavy atom. The minimum absolute atomic E-state index is 0. The quantitative estimate of drug-likeness (QED) is 0.779. The number of carbonyl (C=O) groups excluding carboxylic acids is 2. The van der Waals surface area contributed by atoms with Gasteiger partial charge in [-0.15, -0.1) is 0 Å². The van der Waals surface area contributed by atoms with Crippen molar-refractivity contribution in [3.05, 3.63) is 35.9 Å². The maximum atomic E-state index is 11.7. The van der Waals surface area contributed by atoms with Crippen molar-refractivity contribution in [3.63, 3.8) is 0 Å². The highest BCUT2D eigenvalue weighted by molar-refractivity contribution is 5.82. The molecule has 2 unspecified atom stereocenters. The van der Waals surface area contributed by atoms with Gasteiger partial charge < -0.3 is 4.74 Å². The number of ether oxygens (including phenoxy) is 1. The molecule has 0 bridgehead atoms. The first-order chi connectivity index (χ1) is 9.04. The summed E-state index contributed by atoms with van der Waals surface area (Å²) in [5.41, 5.74) is 1.16. The summed E-state index contributed by atoms with van der Waals surface area (Å²) in [7, 11) is 1.36. The molecule has 1 rings (SSSR count). The van der Waals surface area contributed by atoms with Crippen molar-refractivity contribution in [2.75, 3.05) is 7.11 Å². The highest BCUT2D eigenvalue weighted by atomic mass is 16.5. The maximum absolute atomic E-state index is 11.7. The first-order valence-electron chi connectivity index (χ1n) is 6.43. The normalized spacial score (nSPS) is 12.9. The number of ketones is 1. The van der Waals surface area contributed by atoms with Crippen LogP contribution in [-0.4, -0.2) is 30.9 Å². The van der Waals surface area contributed by atoms with Gasteiger partial charge in [0, 0.05) is 0 Å². The molecule has 2 atom stereocenters. The van der Waals surface area contributed by atoms with E-state index in [2.05, 4.69) is 5.32 Å². The summed E-state index contributed by atoms with van der Waals surface area (Å²) in [4.78, 5) is 22.9. The summed E-state index contributed by atoms with van der Waals surface area (Å²) in [5, 5.41) is 3.01. The molecule has 0 aliphatic rings. The van der Waals surface area contributed by atoms with Crippen LogP contribution < -0.4 is 5.32 Å². The lowest BCUT2D eigenvalue weighted by atomic mass is 10.0. The number of hydrogen-bond donors (Lipinski definition) is 1. The van der Waals surface area contributed by atoms with Crippen molar-refractivity contribution < 1.29 is 14.3 Å². The first kappa shape index (κ1) is 18.3. The lowest BCUT2D eigenvalue weighted by molar-refractivity contribution is -0.143. The molecule has 0 fully saturated rings. The number of benzene rings is 1. The van der Waals surface area contributed by atoms with E-state index in [0.717, 1.165) is 12.0 Å². The molecule has 4 nitrogen and oxygen atoms in total. The van der Waals surface area contributed by atoms with Crippen molar-refractivity contribution in [1.82, 2.24) is 5.32 Å². The molecular weight excluding hydrogens is 254 g/mol. The molecule has 20 heavy (non-hydrogen) atoms. The topological polar surface area (TPSA) is 55.4 Å². The second-order valence-corrected chi connectivity index (χ2v) is 4.60. The number of rotatable bonds is 7. The van der Waals surface area contributed by atoms with Gasteiger partial charge in [0.2, 0.25) is 0 Å². The van der Waals surface area contributed by atoms with Crippen molar-refractivity contribution in [2.24, 2.45) is 0 Å². The van der Waals surface area contributed by atoms with Gasteiger partial charge in [-0.05, 0) is 32.3 Å². The van der Waals surface area contributed by atoms with Gasteiger partial charge in [-0.3, -0.25) is 14.9 Å². The van der Waals surface area contributed by atoms with E-state index in [1.807, 2.05) is 30.3 Å². The zero-order chi connectivity index (χ0) is 14.3. The fraction of sp³-hybridized carbons (Fsp3) is 0.500. The highest BCUT2D eigenvalue weighted by Gasteiger charge is 2.22. The SMILES string of the molecule is C.COC(=O)C(CCc1ccccc1)NC(C)C(C)=O. The van der Waals surface area contributed by atoms with Gasteiger partial charge in [0.25, 0.3) is 0 Å². The van der Waals surface area contributed by atoms with Crippen molar-refractivity contribution in [2.45, 2.75) is 46.2 Å². The van der Waals surface area contributed by atoms with Crippen LogP contribution in [0.25, 0.3) is 0 Å². The summed E-state index contributed by atoms with van der Waals surface area (Å²) in [6, 6.07) is 9.12. The van der Waals surface area contributed by atoms with Crippen LogP contribution in [0.5, 0.6) is 0 Å². The first-order valence-corrected chi connectivity index (χ1v) is 6.43. The van der Waals surface area contributed by atoms with Gasteiger partial charge in [-0.2, -0.15) is 0 Å². The smallest absolute Gasteiger partial charge is 0.322 e. The molecule has 1 aromatic rings. The van der Waals surface area contributed by atoms with Crippen LogP contribution in [0.4, 0.5) is 0 Å². The Bertz CT molecular complexity index is 417. The Labute approximate surface area is 121 Å². The molecule has 0 amide bonds. The second kappa shape index (κ2) is 9.26. The number of carbonyl (C=O) groups is 2. The summed E-state index contributed by atoms with van der Waals surface area (Å²) < 4.78 is 4.77. The fourth-order valence-electron chi connectivity index (χ4n) is 1.79. The van der Waals surface area contributed by atoms with Crippen LogP contribution in [0, 0.1) is 0 Å². The predicted octanol–water partition coefficient (Wildman–Crippen LogP) is 2.36. The summed E-state index contributed by atoms with van der Waals surface area (Å²) in [6.45, 7) is 3.25. The van der Waals surface area contributed by atoms with Crippen LogP contribution in [-0.2, 0) is 20.7 Å². The van der Waals surface area contributed by atoms with E-state index in [-0.39, 0.29) is 25.2 Å². The van der Waals surface area contributed by atoms with Gasteiger partial charge in [0.1, 0.15) is 11.8 Å². The number of aryl methyl sites for hydroxylation is 1. The number of esters is 1. The van der Waals surface area contributed by atoms with Crippen LogP contribution >= 0.6 is 0 Å². The zero-order valence-electron chi connectivity index (χ0n) is 11.7. The average molecular weight is 279 g/mol. The highest BCUT2D eigenvalue weighted by Crippen LogP contribution is 2.07. The van der Waals surface area contributed by atoms with Gasteiger partial charge in [-0.25, -0.2) is 0 Å². The molecule has 1 aromatic carbocycles. The van der Waals surface area contributed by atoms with Gasteiger partial charge in [-0.1, -0.05) is 37.8 Å². The van der Waals surface area contributed by atoms with Crippen LogP contribution in [0.15, 0.2) is 30.3 Å². The van der Waals surface area contributed by atoms with E-state index in [1.165, 1.54) is 14.0 Å². The third-order valence-corrected chi connectivity index (χ3v) is 3.11. The van der Waals surface area contributed by atoms with E-state index in [1.54, 1.807) is 6.92 Å². The van der Waals surface area contributed by atoms with Gasteiger partial charge in [0.15, 0.2) is 0 Å². The number of nitrogens with one attached hydrogen (secondary N) is 1. The van der Waals surface area contributed by atoms with E-state index in [0.29, 0.717) is 6.42 Å². The lowest BCUT2D eigenvalue weighted by Gasteiger charge is -2.19. The van der Waals surface area contributed by atoms with E-state index in [9.17, 15) is 9.59 Å². The predicted molar refractivity (Wildman–Crippen MR) is 80.6 cm³/mol. The minimum atomic E-state index is -0.455. The Kier molecular flexibility index (Phi) is 8.48. The van der Waals surface area contributed by atoms with E-state index < -0.39 is 6.04 Å². The molecule has 0 saturated carbocycles. The average Bonchev–Trinajstić information content (AvgIpc) is 2.43. The molecule has 112 valence electrons. The standard InChI is InChI=1S/C15H21NO3.CH4/c1-11(12(2)17)16-14(15(18)19-3)10-9-13-7-5-4-6-8-13;/h4-8,11,14,16H,9-10H2,1-3H3;1H4. The molecule has 1 N–H and O–H groups in total. The minimum Gasteiger partial charge on any atom is -0.468 e. The second-order valence-electron chi connectivity index (χ2n) is 4.60. The zero-order valence-corrected chi connectivity index (χ0v) is 11.7. The number of Topliss-reactive ketones (excluding diaryl/α,β-unsaturated/α-hetero) is 1. The van der Waals surface area contributed by atoms with Crippen LogP contribution in [0.1, 0.15) is 33.3 Å². The van der Waals surface area contributed by atoms with Crippen molar-refractivity contribution in [3.8, 4) is 0 Å². The summed E-state index contributed by atoms with van der Waals surface area (Å²) in [5.74, 6) is -0.322. The molecule has 0 aromatic heterocycles. The third-order valence-electron chi connectivity index (χ3n) is 3.11. The molecule has 4 heteroatoms. The van der Waals surface area contributed by atoms with Crippen molar-refractivity contribution in [1.29, 1.82) is 0 Å². The van der Waals surface area contributed by atoms with Gasteiger partial charge in [0.05, 0.1) is 13.2 Å². The summed E-state index contributed by atoms with van der Waals surface area (Å²) >= 11 is 0. The third kappa shape index (κ3) is 5.97. The summed E-state index contributed by atoms with van der Waals surface area (Å²) in [6.07, 6.45) is 1.37. The maximum Gasteiger partial charge on any atom is 0.322 e. The molecule has 0 radical (unpaired) electrons. The fourth-order valence-corrected chi connectivity index (χ4v) is 1.79. The van der Waals surface area contributed by atoms with Crippen LogP contribution in [0.2, 0.25) is 0 Å². The monoisotopic (exact) mass is 279 g/mol. The van der Waals surface area contributed by atoms with Crippen molar-refractivity contribution >= 4 is 11.8 Å². The molecule has 0 spiro atoms. The Morgan fingerprint density at radius 2 is 1.85 bits per heavy atom. The lowest BCUT2D eigenvalue weighted by Crippen LogP contribution is -2.45. The molecule has 0 heterocycles. The van der Waals surface area contributed by atoms with Gasteiger partial charge >= 0.3 is 5.97 Å². The molecular formula is C16H25NO3. The van der Waals surface area contributed by atoms with E-state index >= 15 is 0 Å². The number of methoxy groups -OCH3 is 1. The molecule has 0 aliphatic carbocycles. The Balaban J connectivity index is 0.00000361. The Morgan fingerprint density at radius 1 is 1.25 bits per heavy atom.